The van der Waals surface area contributed by atoms with Crippen LogP contribution in [0.4, 0.5) is 14.4 Å². The molecule has 19 heavy (non-hydrogen) atoms. The molecule has 7 N–H and O–H groups in total. The van der Waals surface area contributed by atoms with Crippen molar-refractivity contribution in [2.75, 3.05) is 0 Å². The average Bonchev–Trinajstić information content (AvgIpc) is 1.81. The van der Waals surface area contributed by atoms with Crippen molar-refractivity contribution < 1.29 is 165 Å². The van der Waals surface area contributed by atoms with Gasteiger partial charge in [0, 0.05) is 87.5 Å². The first-order valence-electron chi connectivity index (χ1n) is 2.30. The first kappa shape index (κ1) is 49.9. The van der Waals surface area contributed by atoms with E-state index in [1.165, 1.54) is 0 Å². The molecule has 0 aliphatic heterocycles. The fraction of sp³-hybridized carbons (Fsp3) is 0. The maximum absolute atomic E-state index is 8.58. The van der Waals surface area contributed by atoms with E-state index in [2.05, 4.69) is 0 Å². The molecule has 12 nitrogen and oxygen atoms in total. The molecule has 0 saturated carbocycles. The molecule has 0 heterocycles. The van der Waals surface area contributed by atoms with Crippen molar-refractivity contribution in [3.05, 3.63) is 0 Å². The standard InChI is InChI=1S/3CH2O3.H3N.2O.3Pu.U/c3*2-1(3)4;;;;;;;/h3*(H2,2,3,4);1H3;;;;;;/q;;;;;;;;;+2/p-2. The van der Waals surface area contributed by atoms with Gasteiger partial charge in [0.1, 0.15) is 0 Å². The summed E-state index contributed by atoms with van der Waals surface area (Å²) in [6.07, 6.45) is -6.25. The Hall–Kier alpha value is 1.38. The van der Waals surface area contributed by atoms with E-state index in [0.29, 0.717) is 0 Å². The molecule has 0 atom stereocenters. The minimum absolute atomic E-state index is 0. The number of quaternary nitrogens is 1. The van der Waals surface area contributed by atoms with Crippen molar-refractivity contribution in [3.8, 4) is 0 Å². The summed E-state index contributed by atoms with van der Waals surface area (Å²) in [5, 5.41) is 45.9. The van der Waals surface area contributed by atoms with Crippen molar-refractivity contribution in [2.24, 2.45) is 0 Å². The summed E-state index contributed by atoms with van der Waals surface area (Å²) in [5.74, 6) is 0. The molecule has 0 saturated heterocycles. The normalized spacial score (nSPS) is 4.21. The maximum atomic E-state index is 8.58. The van der Waals surface area contributed by atoms with Crippen LogP contribution in [0, 0.1) is 115 Å². The van der Waals surface area contributed by atoms with Gasteiger partial charge in [-0.2, -0.15) is 0 Å². The zero-order valence-corrected chi connectivity index (χ0v) is 23.2. The van der Waals surface area contributed by atoms with Gasteiger partial charge in [0.25, 0.3) is 0 Å². The number of carbonyl (C=O) groups is 3. The summed E-state index contributed by atoms with van der Waals surface area (Å²) in [6.45, 7) is 0. The van der Waals surface area contributed by atoms with Gasteiger partial charge in [-0.3, -0.25) is 0 Å². The SMILES string of the molecule is O=C([O-])O.O=C([O-])O.O=C([O-])O.[NH4+].[O]=[U+2]=[O].[Pu].[Pu].[Pu]. The smallest absolute Gasteiger partial charge is 0 e. The van der Waals surface area contributed by atoms with Gasteiger partial charge in [-0.25, -0.2) is 0 Å². The minimum atomic E-state index is -2.51. The Morgan fingerprint density at radius 3 is 0.684 bits per heavy atom. The molecule has 0 aliphatic carbocycles. The molecule has 0 unspecified atom stereocenters. The second-order valence-corrected chi connectivity index (χ2v) is 1.58. The van der Waals surface area contributed by atoms with Crippen molar-refractivity contribution in [1.29, 1.82) is 0 Å². The van der Waals surface area contributed by atoms with Gasteiger partial charge in [-0.05, 0) is 0 Å². The molecule has 0 aromatic heterocycles. The summed E-state index contributed by atoms with van der Waals surface area (Å²) in [5.41, 5.74) is 0. The Morgan fingerprint density at radius 1 is 0.684 bits per heavy atom. The Kier molecular flexibility index (Phi) is 133. The fourth-order valence-electron chi connectivity index (χ4n) is 0. The average molecular weight is 1200 g/mol. The summed E-state index contributed by atoms with van der Waals surface area (Å²) in [6, 6.07) is 0. The van der Waals surface area contributed by atoms with Gasteiger partial charge in [-0.15, -0.1) is 0 Å². The third-order valence-corrected chi connectivity index (χ3v) is 0. The molecule has 0 aromatic rings. The summed E-state index contributed by atoms with van der Waals surface area (Å²) < 4.78 is 17.2. The molecular formula is C3H7NO11Pu3U. The van der Waals surface area contributed by atoms with Gasteiger partial charge in [0.2, 0.25) is 18.5 Å². The number of hydrogen-bond acceptors (Lipinski definition) is 8. The van der Waals surface area contributed by atoms with E-state index in [4.69, 9.17) is 49.5 Å². The first-order chi connectivity index (χ1) is 6.61. The number of hydrogen-bond donors (Lipinski definition) is 4. The minimum Gasteiger partial charge on any atom is 0 e. The number of carboxylic acid groups (broad SMARTS) is 6. The maximum Gasteiger partial charge on any atom is 0 e. The Labute approximate surface area is 186 Å². The van der Waals surface area contributed by atoms with Gasteiger partial charge in [-0.1, -0.05) is 0 Å². The Morgan fingerprint density at radius 2 is 0.684 bits per heavy atom. The first-order valence-corrected chi connectivity index (χ1v) is 5.70. The van der Waals surface area contributed by atoms with E-state index in [9.17, 15) is 0 Å². The van der Waals surface area contributed by atoms with Gasteiger partial charge in [0.05, 0.1) is 0 Å². The van der Waals surface area contributed by atoms with Crippen LogP contribution >= 0.6 is 0 Å². The topological polar surface area (TPSA) is 252 Å². The fourth-order valence-corrected chi connectivity index (χ4v) is 0. The van der Waals surface area contributed by atoms with Crippen LogP contribution in [-0.4, -0.2) is 33.8 Å². The molecular weight excluding hydrogens is 1200 g/mol. The number of rotatable bonds is 0. The molecule has 0 spiro atoms. The molecule has 112 valence electrons. The van der Waals surface area contributed by atoms with Crippen LogP contribution in [0.5, 0.6) is 0 Å². The van der Waals surface area contributed by atoms with Crippen LogP contribution < -0.4 is 21.5 Å². The molecule has 0 fully saturated rings. The van der Waals surface area contributed by atoms with E-state index >= 15 is 0 Å². The zero-order chi connectivity index (χ0) is 13.4. The third kappa shape index (κ3) is 3060. The van der Waals surface area contributed by atoms with Crippen molar-refractivity contribution in [2.45, 2.75) is 0 Å². The molecule has 0 rings (SSSR count). The van der Waals surface area contributed by atoms with E-state index in [0.717, 1.165) is 0 Å². The quantitative estimate of drug-likeness (QED) is 0.188. The van der Waals surface area contributed by atoms with Crippen molar-refractivity contribution >= 4 is 18.5 Å². The molecule has 0 aliphatic rings. The zero-order valence-electron chi connectivity index (χ0n) is 8.83. The summed E-state index contributed by atoms with van der Waals surface area (Å²) in [7, 11) is 0. The summed E-state index contributed by atoms with van der Waals surface area (Å²) in [4.78, 5) is 25.3. The van der Waals surface area contributed by atoms with Crippen LogP contribution in [-0.2, 0) is 4.47 Å². The second kappa shape index (κ2) is 50.6. The molecule has 0 amide bonds. The molecule has 0 aromatic carbocycles. The summed E-state index contributed by atoms with van der Waals surface area (Å²) >= 11 is -2.51. The van der Waals surface area contributed by atoms with Crippen LogP contribution in [0.2, 0.25) is 0 Å². The van der Waals surface area contributed by atoms with Gasteiger partial charge in [0.15, 0.2) is 0 Å². The van der Waals surface area contributed by atoms with Crippen LogP contribution in [0.3, 0.4) is 0 Å². The molecule has 0 radical (unpaired) electrons. The molecule has 16 heteroatoms. The second-order valence-electron chi connectivity index (χ2n) is 0.881. The Balaban J connectivity index is -0.0000000133. The van der Waals surface area contributed by atoms with E-state index < -0.39 is 46.3 Å². The van der Waals surface area contributed by atoms with Crippen LogP contribution in [0.15, 0.2) is 0 Å². The van der Waals surface area contributed by atoms with E-state index in [1.54, 1.807) is 0 Å². The predicted molar refractivity (Wildman–Crippen MR) is 31.4 cm³/mol. The van der Waals surface area contributed by atoms with Gasteiger partial charge < -0.3 is 51.2 Å². The predicted octanol–water partition coefficient (Wildman–Crippen LogP) is -3.20. The van der Waals surface area contributed by atoms with Crippen LogP contribution in [0.1, 0.15) is 0 Å². The van der Waals surface area contributed by atoms with Crippen molar-refractivity contribution in [3.63, 3.8) is 0 Å². The van der Waals surface area contributed by atoms with Gasteiger partial charge >= 0.3 is 32.3 Å². The Bertz CT molecular complexity index is 191. The van der Waals surface area contributed by atoms with E-state index in [1.807, 2.05) is 0 Å². The van der Waals surface area contributed by atoms with Crippen molar-refractivity contribution in [1.82, 2.24) is 6.15 Å². The largest absolute Gasteiger partial charge is 0 e. The monoisotopic (exact) mass is 1190 g/mol. The third-order valence-electron chi connectivity index (χ3n) is 0. The molecule has 0 bridgehead atoms. The van der Waals surface area contributed by atoms with E-state index in [-0.39, 0.29) is 93.7 Å². The van der Waals surface area contributed by atoms with Crippen LogP contribution in [0.25, 0.3) is 0 Å².